The molecule has 0 saturated heterocycles. The molecule has 5 atom stereocenters. The van der Waals surface area contributed by atoms with Crippen LogP contribution in [0.5, 0.6) is 5.75 Å². The van der Waals surface area contributed by atoms with Crippen molar-refractivity contribution in [2.24, 2.45) is 7.05 Å². The summed E-state index contributed by atoms with van der Waals surface area (Å²) in [5.74, 6) is 0.0190. The molecule has 7 N–H and O–H groups in total. The molecule has 0 radical (unpaired) electrons. The lowest BCUT2D eigenvalue weighted by Crippen LogP contribution is -2.87. The van der Waals surface area contributed by atoms with Gasteiger partial charge in [0.25, 0.3) is 5.56 Å². The monoisotopic (exact) mass is 735 g/mol. The van der Waals surface area contributed by atoms with Gasteiger partial charge in [0.05, 0.1) is 31.4 Å². The van der Waals surface area contributed by atoms with Gasteiger partial charge in [-0.05, 0) is 50.8 Å². The van der Waals surface area contributed by atoms with Gasteiger partial charge in [-0.3, -0.25) is 14.0 Å². The minimum atomic E-state index is -1.53. The molecule has 0 fully saturated rings. The number of hydrogen-bond donors (Lipinski definition) is 6. The SMILES string of the molecule is CCCCCCCC[NH2+]CC(O)C(O)C(O)C(O)CO.CCCc1nn(C)c2c(=O)n(CCOc3ccc(C[C@H](OCC)C(=O)[O-])cc3)c(C)nc12. The third-order valence-electron chi connectivity index (χ3n) is 8.74. The minimum absolute atomic E-state index is 0.131. The van der Waals surface area contributed by atoms with Crippen molar-refractivity contribution in [3.63, 3.8) is 0 Å². The summed E-state index contributed by atoms with van der Waals surface area (Å²) in [6.07, 6.45) is 2.67. The van der Waals surface area contributed by atoms with Crippen LogP contribution in [0.2, 0.25) is 0 Å². The van der Waals surface area contributed by atoms with Crippen LogP contribution in [-0.4, -0.2) is 114 Å². The van der Waals surface area contributed by atoms with Gasteiger partial charge < -0.3 is 50.2 Å². The molecule has 2 heterocycles. The van der Waals surface area contributed by atoms with Crippen LogP contribution in [0.1, 0.15) is 82.8 Å². The Kier molecular flexibility index (Phi) is 20.6. The first-order valence-corrected chi connectivity index (χ1v) is 18.5. The molecule has 2 aromatic heterocycles. The number of hydrogen-bond acceptors (Lipinski definition) is 12. The molecule has 52 heavy (non-hydrogen) atoms. The van der Waals surface area contributed by atoms with E-state index in [0.29, 0.717) is 35.8 Å². The van der Waals surface area contributed by atoms with Crippen LogP contribution >= 0.6 is 0 Å². The largest absolute Gasteiger partial charge is 0.547 e. The Bertz CT molecular complexity index is 1510. The van der Waals surface area contributed by atoms with Crippen molar-refractivity contribution in [1.82, 2.24) is 19.3 Å². The number of ether oxygens (including phenoxy) is 2. The van der Waals surface area contributed by atoms with Crippen LogP contribution < -0.4 is 20.7 Å². The Morgan fingerprint density at radius 2 is 1.62 bits per heavy atom. The zero-order chi connectivity index (χ0) is 38.6. The van der Waals surface area contributed by atoms with Crippen LogP contribution in [0.4, 0.5) is 0 Å². The molecule has 0 aliphatic heterocycles. The minimum Gasteiger partial charge on any atom is -0.547 e. The molecule has 1 aromatic carbocycles. The summed E-state index contributed by atoms with van der Waals surface area (Å²) in [7, 11) is 1.76. The number of quaternary nitrogens is 1. The van der Waals surface area contributed by atoms with E-state index >= 15 is 0 Å². The van der Waals surface area contributed by atoms with Gasteiger partial charge in [-0.15, -0.1) is 0 Å². The molecule has 3 aromatic rings. The number of carbonyl (C=O) groups is 1. The third-order valence-corrected chi connectivity index (χ3v) is 8.74. The molecule has 0 saturated carbocycles. The van der Waals surface area contributed by atoms with E-state index in [1.54, 1.807) is 47.5 Å². The summed E-state index contributed by atoms with van der Waals surface area (Å²) in [5.41, 5.74) is 2.69. The van der Waals surface area contributed by atoms with Crippen LogP contribution in [-0.2, 0) is 36.0 Å². The number of fused-ring (bicyclic) bond motifs is 1. The second-order valence-corrected chi connectivity index (χ2v) is 13.0. The van der Waals surface area contributed by atoms with Crippen molar-refractivity contribution in [3.05, 3.63) is 51.7 Å². The summed E-state index contributed by atoms with van der Waals surface area (Å²) in [6, 6.07) is 7.12. The van der Waals surface area contributed by atoms with Crippen LogP contribution in [0.15, 0.2) is 29.1 Å². The van der Waals surface area contributed by atoms with Crippen LogP contribution in [0, 0.1) is 6.92 Å². The van der Waals surface area contributed by atoms with E-state index in [-0.39, 0.29) is 25.1 Å². The van der Waals surface area contributed by atoms with Gasteiger partial charge in [0.15, 0.2) is 5.52 Å². The Balaban J connectivity index is 0.000000405. The highest BCUT2D eigenvalue weighted by atomic mass is 16.5. The molecule has 15 nitrogen and oxygen atoms in total. The van der Waals surface area contributed by atoms with Gasteiger partial charge >= 0.3 is 0 Å². The molecule has 4 unspecified atom stereocenters. The summed E-state index contributed by atoms with van der Waals surface area (Å²) < 4.78 is 14.2. The molecule has 294 valence electrons. The number of benzene rings is 1. The Morgan fingerprint density at radius 1 is 0.962 bits per heavy atom. The molecule has 3 rings (SSSR count). The maximum atomic E-state index is 13.0. The standard InChI is InChI=1S/C23H30N4O5.C14H31NO5/c1-5-7-18-20-21(26(4)25-18)22(28)27(15(3)24-20)12-13-32-17-10-8-16(9-11-17)14-19(23(29)30)31-6-2;1-2-3-4-5-6-7-8-15-9-11(17)13(19)14(20)12(18)10-16/h8-11,19H,5-7,12-14H2,1-4H3,(H,29,30);11-20H,2-10H2,1H3/t19-;/m0./s1. The number of aliphatic carboxylic acids is 1. The van der Waals surface area contributed by atoms with Crippen molar-refractivity contribution >= 4 is 17.0 Å². The van der Waals surface area contributed by atoms with Crippen molar-refractivity contribution in [1.29, 1.82) is 0 Å². The number of carboxylic acid groups (broad SMARTS) is 1. The zero-order valence-corrected chi connectivity index (χ0v) is 31.4. The first-order chi connectivity index (χ1) is 24.9. The summed E-state index contributed by atoms with van der Waals surface area (Å²) in [4.78, 5) is 28.8. The van der Waals surface area contributed by atoms with Gasteiger partial charge in [0.2, 0.25) is 0 Å². The average Bonchev–Trinajstić information content (AvgIpc) is 3.44. The highest BCUT2D eigenvalue weighted by Crippen LogP contribution is 2.16. The lowest BCUT2D eigenvalue weighted by atomic mass is 10.0. The van der Waals surface area contributed by atoms with E-state index in [9.17, 15) is 35.1 Å². The number of aliphatic hydroxyl groups is 5. The number of unbranched alkanes of at least 4 members (excludes halogenated alkanes) is 5. The van der Waals surface area contributed by atoms with E-state index in [0.717, 1.165) is 37.1 Å². The molecule has 15 heteroatoms. The molecule has 0 aliphatic carbocycles. The second-order valence-electron chi connectivity index (χ2n) is 13.0. The number of nitrogens with zero attached hydrogens (tertiary/aromatic N) is 4. The van der Waals surface area contributed by atoms with Crippen LogP contribution in [0.3, 0.4) is 0 Å². The molecular weight excluding hydrogens is 674 g/mol. The fourth-order valence-corrected chi connectivity index (χ4v) is 5.75. The normalized spacial score (nSPS) is 14.3. The van der Waals surface area contributed by atoms with E-state index in [1.165, 1.54) is 32.1 Å². The van der Waals surface area contributed by atoms with Gasteiger partial charge in [0, 0.05) is 20.1 Å². The Hall–Kier alpha value is -3.44. The molecule has 0 amide bonds. The number of nitrogens with two attached hydrogens (primary N) is 1. The Labute approximate surface area is 306 Å². The fourth-order valence-electron chi connectivity index (χ4n) is 5.75. The lowest BCUT2D eigenvalue weighted by molar-refractivity contribution is -0.662. The summed E-state index contributed by atoms with van der Waals surface area (Å²) >= 11 is 0. The van der Waals surface area contributed by atoms with Gasteiger partial charge in [-0.25, -0.2) is 4.98 Å². The van der Waals surface area contributed by atoms with E-state index < -0.39 is 43.1 Å². The average molecular weight is 736 g/mol. The highest BCUT2D eigenvalue weighted by Gasteiger charge is 2.30. The zero-order valence-electron chi connectivity index (χ0n) is 31.4. The number of aryl methyl sites for hydroxylation is 3. The predicted octanol–water partition coefficient (Wildman–Crippen LogP) is -0.486. The second kappa shape index (κ2) is 24.0. The quantitative estimate of drug-likeness (QED) is 0.0641. The number of rotatable bonds is 24. The van der Waals surface area contributed by atoms with Crippen LogP contribution in [0.25, 0.3) is 11.0 Å². The summed E-state index contributed by atoms with van der Waals surface area (Å²) in [6.45, 7) is 9.23. The van der Waals surface area contributed by atoms with Crippen molar-refractivity contribution in [2.45, 2.75) is 123 Å². The number of aromatic nitrogens is 4. The van der Waals surface area contributed by atoms with E-state index in [1.807, 2.05) is 12.2 Å². The lowest BCUT2D eigenvalue weighted by Gasteiger charge is -2.24. The molecule has 0 spiro atoms. The number of carbonyl (C=O) groups excluding carboxylic acids is 1. The smallest absolute Gasteiger partial charge is 0.279 e. The van der Waals surface area contributed by atoms with Crippen molar-refractivity contribution < 1.29 is 50.2 Å². The first kappa shape index (κ1) is 44.7. The third kappa shape index (κ3) is 14.2. The predicted molar refractivity (Wildman–Crippen MR) is 194 cm³/mol. The number of carboxylic acids is 1. The molecular formula is C37H61N5O10. The maximum absolute atomic E-state index is 13.0. The fraction of sp³-hybridized carbons (Fsp3) is 0.676. The topological polar surface area (TPSA) is 229 Å². The van der Waals surface area contributed by atoms with Crippen molar-refractivity contribution in [2.75, 3.05) is 32.9 Å². The molecule has 0 bridgehead atoms. The van der Waals surface area contributed by atoms with Gasteiger partial charge in [-0.1, -0.05) is 58.1 Å². The van der Waals surface area contributed by atoms with E-state index in [2.05, 4.69) is 23.9 Å². The van der Waals surface area contributed by atoms with Gasteiger partial charge in [-0.2, -0.15) is 5.10 Å². The van der Waals surface area contributed by atoms with E-state index in [4.69, 9.17) is 14.6 Å². The first-order valence-electron chi connectivity index (χ1n) is 18.5. The Morgan fingerprint density at radius 3 is 2.23 bits per heavy atom. The van der Waals surface area contributed by atoms with Gasteiger partial charge in [0.1, 0.15) is 60.8 Å². The number of aliphatic hydroxyl groups excluding tert-OH is 5. The molecule has 0 aliphatic rings. The highest BCUT2D eigenvalue weighted by molar-refractivity contribution is 5.76. The van der Waals surface area contributed by atoms with Crippen molar-refractivity contribution in [3.8, 4) is 5.75 Å². The maximum Gasteiger partial charge on any atom is 0.279 e. The summed E-state index contributed by atoms with van der Waals surface area (Å²) in [5, 5.41) is 64.0.